The van der Waals surface area contributed by atoms with Crippen molar-refractivity contribution in [1.82, 2.24) is 5.32 Å². The molecule has 0 aliphatic carbocycles. The Balaban J connectivity index is 3.03. The number of nitrogens with one attached hydrogen (secondary N) is 1. The smallest absolute Gasteiger partial charge is 0.303 e. The summed E-state index contributed by atoms with van der Waals surface area (Å²) >= 11 is 9.17. The lowest BCUT2D eigenvalue weighted by Crippen LogP contribution is -2.19. The van der Waals surface area contributed by atoms with Crippen LogP contribution >= 0.6 is 12.2 Å². The van der Waals surface area contributed by atoms with Gasteiger partial charge in [0, 0.05) is 13.0 Å². The number of unbranched alkanes of at least 4 members (excludes halogenated alkanes) is 1. The van der Waals surface area contributed by atoms with Crippen LogP contribution in [0.15, 0.2) is 0 Å². The average Bonchev–Trinajstić information content (AvgIpc) is 1.85. The van der Waals surface area contributed by atoms with Crippen molar-refractivity contribution in [3.63, 3.8) is 0 Å². The van der Waals surface area contributed by atoms with Crippen molar-refractivity contribution in [2.45, 2.75) is 19.3 Å². The number of carbonyl (C=O) groups is 1. The van der Waals surface area contributed by atoms with Crippen LogP contribution in [-0.4, -0.2) is 21.9 Å². The van der Waals surface area contributed by atoms with Crippen LogP contribution in [0.3, 0.4) is 0 Å². The molecular weight excluding hydrogens is 182 g/mol. The lowest BCUT2D eigenvalue weighted by Gasteiger charge is -2.07. The lowest BCUT2D eigenvalue weighted by atomic mass is 10.2. The van der Waals surface area contributed by atoms with Crippen molar-refractivity contribution >= 4 is 35.1 Å². The van der Waals surface area contributed by atoms with E-state index in [0.29, 0.717) is 17.3 Å². The van der Waals surface area contributed by atoms with Gasteiger partial charge in [0.15, 0.2) is 0 Å². The zero-order valence-corrected chi connectivity index (χ0v) is 7.63. The molecule has 0 amide bonds. The second-order valence-electron chi connectivity index (χ2n) is 2.07. The van der Waals surface area contributed by atoms with Crippen LogP contribution < -0.4 is 5.32 Å². The predicted molar refractivity (Wildman–Crippen MR) is 49.5 cm³/mol. The fourth-order valence-electron chi connectivity index (χ4n) is 0.592. The first kappa shape index (κ1) is 10.6. The van der Waals surface area contributed by atoms with E-state index in [-0.39, 0.29) is 6.42 Å². The quantitative estimate of drug-likeness (QED) is 0.381. The predicted octanol–water partition coefficient (Wildman–Crippen LogP) is 0.663. The Bertz CT molecular complexity index is 134. The van der Waals surface area contributed by atoms with Crippen molar-refractivity contribution in [3.05, 3.63) is 0 Å². The number of rotatable bonds is 5. The summed E-state index contributed by atoms with van der Waals surface area (Å²) in [5.74, 6) is -0.758. The first-order chi connectivity index (χ1) is 5.13. The standard InChI is InChI=1S/C6H11NO2S2/c8-5(9)3-1-2-4-7-6(10)11/h1-4H2,(H,8,9)(H2,7,10,11)/p-1. The number of aliphatic carboxylic acids is 1. The molecule has 0 aliphatic heterocycles. The molecule has 5 heteroatoms. The van der Waals surface area contributed by atoms with Gasteiger partial charge in [0.2, 0.25) is 0 Å². The second kappa shape index (κ2) is 6.30. The number of thiocarbonyl (C=S) groups is 1. The minimum atomic E-state index is -0.758. The van der Waals surface area contributed by atoms with Crippen molar-refractivity contribution in [2.75, 3.05) is 6.54 Å². The number of hydrogen-bond acceptors (Lipinski definition) is 3. The van der Waals surface area contributed by atoms with Crippen molar-refractivity contribution in [2.24, 2.45) is 0 Å². The highest BCUT2D eigenvalue weighted by Crippen LogP contribution is 1.92. The monoisotopic (exact) mass is 192 g/mol. The van der Waals surface area contributed by atoms with Gasteiger partial charge in [0.25, 0.3) is 0 Å². The van der Waals surface area contributed by atoms with E-state index in [0.717, 1.165) is 6.42 Å². The van der Waals surface area contributed by atoms with Gasteiger partial charge in [-0.25, -0.2) is 0 Å². The minimum Gasteiger partial charge on any atom is -0.481 e. The molecule has 0 saturated heterocycles. The maximum atomic E-state index is 10.0. The highest BCUT2D eigenvalue weighted by molar-refractivity contribution is 8.00. The van der Waals surface area contributed by atoms with Crippen molar-refractivity contribution in [3.8, 4) is 0 Å². The van der Waals surface area contributed by atoms with Crippen LogP contribution in [0.4, 0.5) is 0 Å². The second-order valence-corrected chi connectivity index (χ2v) is 3.14. The van der Waals surface area contributed by atoms with Crippen LogP contribution in [0.5, 0.6) is 0 Å². The molecule has 0 aromatic carbocycles. The molecular formula is C6H10NO2S2-. The molecule has 2 N–H and O–H groups in total. The van der Waals surface area contributed by atoms with Gasteiger partial charge in [-0.05, 0) is 12.8 Å². The van der Waals surface area contributed by atoms with E-state index in [2.05, 4.69) is 30.2 Å². The average molecular weight is 192 g/mol. The topological polar surface area (TPSA) is 49.3 Å². The molecule has 0 spiro atoms. The van der Waals surface area contributed by atoms with E-state index in [1.807, 2.05) is 0 Å². The van der Waals surface area contributed by atoms with E-state index >= 15 is 0 Å². The van der Waals surface area contributed by atoms with Gasteiger partial charge in [-0.1, -0.05) is 4.32 Å². The third kappa shape index (κ3) is 9.58. The number of carboxylic acid groups (broad SMARTS) is 1. The van der Waals surface area contributed by atoms with Gasteiger partial charge in [0.05, 0.1) is 0 Å². The Morgan fingerprint density at radius 2 is 2.18 bits per heavy atom. The van der Waals surface area contributed by atoms with E-state index in [4.69, 9.17) is 5.11 Å². The SMILES string of the molecule is O=C(O)CCCCNC(=S)[S-]. The summed E-state index contributed by atoms with van der Waals surface area (Å²) in [7, 11) is 0. The molecule has 0 saturated carbocycles. The Morgan fingerprint density at radius 1 is 1.55 bits per heavy atom. The molecule has 0 aromatic heterocycles. The molecule has 0 atom stereocenters. The maximum absolute atomic E-state index is 10.0. The van der Waals surface area contributed by atoms with Crippen molar-refractivity contribution in [1.29, 1.82) is 0 Å². The molecule has 0 aliphatic rings. The van der Waals surface area contributed by atoms with E-state index in [1.54, 1.807) is 0 Å². The van der Waals surface area contributed by atoms with Crippen LogP contribution in [0.25, 0.3) is 0 Å². The Morgan fingerprint density at radius 3 is 2.64 bits per heavy atom. The third-order valence-corrected chi connectivity index (χ3v) is 1.38. The van der Waals surface area contributed by atoms with Crippen LogP contribution in [-0.2, 0) is 17.4 Å². The maximum Gasteiger partial charge on any atom is 0.303 e. The molecule has 0 fully saturated rings. The molecule has 0 aromatic rings. The summed E-state index contributed by atoms with van der Waals surface area (Å²) in [6.07, 6.45) is 1.68. The fraction of sp³-hybridized carbons (Fsp3) is 0.667. The fourth-order valence-corrected chi connectivity index (χ4v) is 0.796. The molecule has 0 heterocycles. The van der Waals surface area contributed by atoms with Gasteiger partial charge < -0.3 is 35.3 Å². The first-order valence-corrected chi connectivity index (χ1v) is 4.11. The molecule has 3 nitrogen and oxygen atoms in total. The van der Waals surface area contributed by atoms with Gasteiger partial charge in [0.1, 0.15) is 0 Å². The third-order valence-electron chi connectivity index (χ3n) is 1.09. The van der Waals surface area contributed by atoms with Gasteiger partial charge in [-0.2, -0.15) is 0 Å². The van der Waals surface area contributed by atoms with E-state index in [1.165, 1.54) is 0 Å². The largest absolute Gasteiger partial charge is 0.481 e. The minimum absolute atomic E-state index is 0.214. The zero-order valence-electron chi connectivity index (χ0n) is 6.00. The molecule has 0 bridgehead atoms. The highest BCUT2D eigenvalue weighted by Gasteiger charge is 1.94. The Kier molecular flexibility index (Phi) is 6.06. The van der Waals surface area contributed by atoms with Gasteiger partial charge in [-0.15, -0.1) is 0 Å². The number of carboxylic acids is 1. The summed E-state index contributed by atoms with van der Waals surface area (Å²) in [6, 6.07) is 0. The summed E-state index contributed by atoms with van der Waals surface area (Å²) in [6.45, 7) is 0.676. The summed E-state index contributed by atoms with van der Waals surface area (Å²) in [5, 5.41) is 11.0. The first-order valence-electron chi connectivity index (χ1n) is 3.29. The normalized spacial score (nSPS) is 9.09. The van der Waals surface area contributed by atoms with Crippen LogP contribution in [0.1, 0.15) is 19.3 Å². The number of hydrogen-bond donors (Lipinski definition) is 2. The van der Waals surface area contributed by atoms with Gasteiger partial charge in [-0.3, -0.25) is 4.79 Å². The van der Waals surface area contributed by atoms with E-state index in [9.17, 15) is 4.79 Å². The Labute approximate surface area is 76.6 Å². The lowest BCUT2D eigenvalue weighted by molar-refractivity contribution is -0.137. The summed E-state index contributed by atoms with van der Waals surface area (Å²) < 4.78 is 0.348. The summed E-state index contributed by atoms with van der Waals surface area (Å²) in [4.78, 5) is 10.0. The molecule has 0 radical (unpaired) electrons. The molecule has 11 heavy (non-hydrogen) atoms. The molecule has 64 valence electrons. The van der Waals surface area contributed by atoms with Gasteiger partial charge >= 0.3 is 5.97 Å². The van der Waals surface area contributed by atoms with Crippen molar-refractivity contribution < 1.29 is 9.90 Å². The molecule has 0 rings (SSSR count). The molecule has 0 unspecified atom stereocenters. The van der Waals surface area contributed by atoms with E-state index < -0.39 is 5.97 Å². The Hall–Kier alpha value is -0.420. The highest BCUT2D eigenvalue weighted by atomic mass is 32.1. The van der Waals surface area contributed by atoms with Crippen LogP contribution in [0, 0.1) is 0 Å². The zero-order chi connectivity index (χ0) is 8.69. The van der Waals surface area contributed by atoms with Crippen LogP contribution in [0.2, 0.25) is 0 Å². The summed E-state index contributed by atoms with van der Waals surface area (Å²) in [5.41, 5.74) is 0.